The second-order valence-corrected chi connectivity index (χ2v) is 7.40. The summed E-state index contributed by atoms with van der Waals surface area (Å²) < 4.78 is 24.8. The number of aromatic nitrogens is 1. The number of carbonyl (C=O) groups excluding carboxylic acids is 2. The van der Waals surface area contributed by atoms with E-state index in [1.165, 1.54) is 17.0 Å². The highest BCUT2D eigenvalue weighted by atomic mass is 19.1. The topological polar surface area (TPSA) is 72.0 Å². The molecule has 2 aliphatic heterocycles. The first kappa shape index (κ1) is 19.7. The fourth-order valence-corrected chi connectivity index (χ4v) is 3.57. The fraction of sp³-hybridized carbons (Fsp3) is 0.632. The minimum Gasteiger partial charge on any atom is -0.375 e. The smallest absolute Gasteiger partial charge is 0.272 e. The fourth-order valence-electron chi connectivity index (χ4n) is 3.57. The lowest BCUT2D eigenvalue weighted by atomic mass is 9.83. The largest absolute Gasteiger partial charge is 0.375 e. The van der Waals surface area contributed by atoms with Gasteiger partial charge in [0.2, 0.25) is 5.91 Å². The van der Waals surface area contributed by atoms with Crippen LogP contribution in [0.1, 0.15) is 36.2 Å². The molecule has 0 bridgehead atoms. The normalized spacial score (nSPS) is 21.9. The quantitative estimate of drug-likeness (QED) is 0.792. The third-order valence-corrected chi connectivity index (χ3v) is 5.30. The SMILES string of the molecule is CN(C)C(=O)COC1CCOC2(CCN(C(=O)c3ccc(F)cn3)CC2)C1. The molecule has 148 valence electrons. The number of likely N-dealkylation sites (N-methyl/N-ethyl adjacent to an activating group) is 1. The van der Waals surface area contributed by atoms with Gasteiger partial charge in [-0.15, -0.1) is 0 Å². The van der Waals surface area contributed by atoms with Crippen molar-refractivity contribution in [1.29, 1.82) is 0 Å². The predicted molar refractivity (Wildman–Crippen MR) is 95.7 cm³/mol. The standard InChI is InChI=1S/C19H26FN3O4/c1-22(2)17(24)13-26-15-5-10-27-19(11-15)6-8-23(9-7-19)18(25)16-4-3-14(20)12-21-16/h3-4,12,15H,5-11,13H2,1-2H3. The highest BCUT2D eigenvalue weighted by Crippen LogP contribution is 2.36. The Morgan fingerprint density at radius 1 is 1.37 bits per heavy atom. The van der Waals surface area contributed by atoms with Crippen LogP contribution in [0.25, 0.3) is 0 Å². The molecule has 2 aliphatic rings. The number of pyridine rings is 1. The van der Waals surface area contributed by atoms with Gasteiger partial charge in [0.05, 0.1) is 17.9 Å². The molecule has 7 nitrogen and oxygen atoms in total. The molecule has 2 amide bonds. The van der Waals surface area contributed by atoms with Gasteiger partial charge >= 0.3 is 0 Å². The molecule has 3 rings (SSSR count). The molecule has 1 unspecified atom stereocenters. The zero-order valence-corrected chi connectivity index (χ0v) is 15.8. The lowest BCUT2D eigenvalue weighted by Gasteiger charge is -2.46. The van der Waals surface area contributed by atoms with Gasteiger partial charge in [0.25, 0.3) is 5.91 Å². The van der Waals surface area contributed by atoms with E-state index in [2.05, 4.69) is 4.98 Å². The van der Waals surface area contributed by atoms with E-state index in [1.807, 2.05) is 0 Å². The van der Waals surface area contributed by atoms with Crippen molar-refractivity contribution >= 4 is 11.8 Å². The van der Waals surface area contributed by atoms with Crippen molar-refractivity contribution in [3.8, 4) is 0 Å². The number of ether oxygens (including phenoxy) is 2. The summed E-state index contributed by atoms with van der Waals surface area (Å²) in [4.78, 5) is 31.4. The van der Waals surface area contributed by atoms with E-state index in [9.17, 15) is 14.0 Å². The van der Waals surface area contributed by atoms with E-state index in [0.717, 1.165) is 19.0 Å². The Labute approximate surface area is 158 Å². The van der Waals surface area contributed by atoms with Crippen LogP contribution in [-0.4, -0.2) is 78.7 Å². The molecule has 0 aliphatic carbocycles. The van der Waals surface area contributed by atoms with Gasteiger partial charge in [-0.3, -0.25) is 9.59 Å². The minimum atomic E-state index is -0.460. The molecular formula is C19H26FN3O4. The molecule has 0 radical (unpaired) electrons. The van der Waals surface area contributed by atoms with E-state index in [-0.39, 0.29) is 35.8 Å². The Balaban J connectivity index is 1.53. The summed E-state index contributed by atoms with van der Waals surface area (Å²) >= 11 is 0. The Bertz CT molecular complexity index is 672. The van der Waals surface area contributed by atoms with Crippen molar-refractivity contribution in [2.45, 2.75) is 37.4 Å². The molecule has 3 heterocycles. The summed E-state index contributed by atoms with van der Waals surface area (Å²) in [6, 6.07) is 2.65. The number of carbonyl (C=O) groups is 2. The number of piperidine rings is 1. The second-order valence-electron chi connectivity index (χ2n) is 7.40. The van der Waals surface area contributed by atoms with Gasteiger partial charge in [-0.1, -0.05) is 0 Å². The lowest BCUT2D eigenvalue weighted by molar-refractivity contribution is -0.160. The summed E-state index contributed by atoms with van der Waals surface area (Å²) in [7, 11) is 3.42. The molecule has 8 heteroatoms. The Morgan fingerprint density at radius 3 is 2.74 bits per heavy atom. The first-order valence-corrected chi connectivity index (χ1v) is 9.25. The van der Waals surface area contributed by atoms with Gasteiger partial charge in [-0.2, -0.15) is 0 Å². The number of halogens is 1. The van der Waals surface area contributed by atoms with Gasteiger partial charge in [0.15, 0.2) is 0 Å². The average Bonchev–Trinajstić information content (AvgIpc) is 2.67. The Morgan fingerprint density at radius 2 is 2.11 bits per heavy atom. The van der Waals surface area contributed by atoms with Gasteiger partial charge in [0, 0.05) is 40.2 Å². The van der Waals surface area contributed by atoms with Crippen molar-refractivity contribution in [2.24, 2.45) is 0 Å². The van der Waals surface area contributed by atoms with Crippen LogP contribution in [0.5, 0.6) is 0 Å². The minimum absolute atomic E-state index is 0.0105. The number of nitrogens with zero attached hydrogens (tertiary/aromatic N) is 3. The summed E-state index contributed by atoms with van der Waals surface area (Å²) in [6.07, 6.45) is 3.96. The van der Waals surface area contributed by atoms with E-state index in [4.69, 9.17) is 9.47 Å². The number of amides is 2. The van der Waals surface area contributed by atoms with Crippen LogP contribution < -0.4 is 0 Å². The molecule has 2 saturated heterocycles. The van der Waals surface area contributed by atoms with Gasteiger partial charge in [-0.25, -0.2) is 9.37 Å². The van der Waals surface area contributed by atoms with Crippen LogP contribution in [-0.2, 0) is 14.3 Å². The summed E-state index contributed by atoms with van der Waals surface area (Å²) in [5.41, 5.74) is -0.0582. The number of hydrogen-bond donors (Lipinski definition) is 0. The Kier molecular flexibility index (Phi) is 6.06. The monoisotopic (exact) mass is 379 g/mol. The van der Waals surface area contributed by atoms with Gasteiger partial charge in [0.1, 0.15) is 18.1 Å². The van der Waals surface area contributed by atoms with Gasteiger partial charge < -0.3 is 19.3 Å². The van der Waals surface area contributed by atoms with Crippen LogP contribution in [0.15, 0.2) is 18.3 Å². The zero-order valence-electron chi connectivity index (χ0n) is 15.8. The zero-order chi connectivity index (χ0) is 19.4. The summed E-state index contributed by atoms with van der Waals surface area (Å²) in [5.74, 6) is -0.702. The first-order valence-electron chi connectivity index (χ1n) is 9.25. The highest BCUT2D eigenvalue weighted by Gasteiger charge is 2.41. The maximum absolute atomic E-state index is 13.0. The van der Waals surface area contributed by atoms with Crippen molar-refractivity contribution in [3.63, 3.8) is 0 Å². The third-order valence-electron chi connectivity index (χ3n) is 5.30. The summed E-state index contributed by atoms with van der Waals surface area (Å²) in [5, 5.41) is 0. The van der Waals surface area contributed by atoms with E-state index in [1.54, 1.807) is 19.0 Å². The van der Waals surface area contributed by atoms with Crippen molar-refractivity contribution < 1.29 is 23.5 Å². The molecule has 0 N–H and O–H groups in total. The Hall–Kier alpha value is -2.06. The lowest BCUT2D eigenvalue weighted by Crippen LogP contribution is -2.52. The molecule has 0 saturated carbocycles. The maximum atomic E-state index is 13.0. The number of likely N-dealkylation sites (tertiary alicyclic amines) is 1. The summed E-state index contributed by atoms with van der Waals surface area (Å²) in [6.45, 7) is 1.78. The van der Waals surface area contributed by atoms with E-state index in [0.29, 0.717) is 32.5 Å². The molecule has 27 heavy (non-hydrogen) atoms. The first-order chi connectivity index (χ1) is 12.9. The molecular weight excluding hydrogens is 353 g/mol. The maximum Gasteiger partial charge on any atom is 0.272 e. The molecule has 1 aromatic heterocycles. The van der Waals surface area contributed by atoms with Crippen LogP contribution in [0.2, 0.25) is 0 Å². The van der Waals surface area contributed by atoms with E-state index < -0.39 is 5.82 Å². The van der Waals surface area contributed by atoms with Crippen molar-refractivity contribution in [2.75, 3.05) is 40.4 Å². The number of rotatable bonds is 4. The van der Waals surface area contributed by atoms with Crippen LogP contribution in [0.3, 0.4) is 0 Å². The van der Waals surface area contributed by atoms with Crippen molar-refractivity contribution in [3.05, 3.63) is 29.8 Å². The van der Waals surface area contributed by atoms with Gasteiger partial charge in [-0.05, 0) is 31.4 Å². The average molecular weight is 379 g/mol. The predicted octanol–water partition coefficient (Wildman–Crippen LogP) is 1.48. The molecule has 1 spiro atoms. The second kappa shape index (κ2) is 8.31. The number of hydrogen-bond acceptors (Lipinski definition) is 5. The van der Waals surface area contributed by atoms with Crippen molar-refractivity contribution in [1.82, 2.24) is 14.8 Å². The van der Waals surface area contributed by atoms with E-state index >= 15 is 0 Å². The molecule has 2 fully saturated rings. The molecule has 0 aromatic carbocycles. The van der Waals surface area contributed by atoms with Crippen LogP contribution >= 0.6 is 0 Å². The molecule has 1 aromatic rings. The third kappa shape index (κ3) is 4.81. The highest BCUT2D eigenvalue weighted by molar-refractivity contribution is 5.92. The molecule has 1 atom stereocenters. The van der Waals surface area contributed by atoms with Crippen LogP contribution in [0, 0.1) is 5.82 Å². The van der Waals surface area contributed by atoms with Crippen LogP contribution in [0.4, 0.5) is 4.39 Å².